The van der Waals surface area contributed by atoms with Gasteiger partial charge in [-0.05, 0) is 24.3 Å². The van der Waals surface area contributed by atoms with Crippen LogP contribution in [0.1, 0.15) is 0 Å². The molecule has 0 aliphatic heterocycles. The van der Waals surface area contributed by atoms with E-state index < -0.39 is 5.97 Å². The Morgan fingerprint density at radius 3 is 2.42 bits per heavy atom. The highest BCUT2D eigenvalue weighted by atomic mass is 35.5. The van der Waals surface area contributed by atoms with E-state index in [9.17, 15) is 9.59 Å². The molecule has 1 aromatic rings. The molecule has 0 aliphatic rings. The van der Waals surface area contributed by atoms with Crippen LogP contribution in [-0.4, -0.2) is 12.3 Å². The lowest BCUT2D eigenvalue weighted by Crippen LogP contribution is -2.08. The van der Waals surface area contributed by atoms with Gasteiger partial charge in [-0.3, -0.25) is 4.79 Å². The predicted octanol–water partition coefficient (Wildman–Crippen LogP) is 1.44. The molecule has 0 bridgehead atoms. The van der Waals surface area contributed by atoms with Crippen molar-refractivity contribution in [3.8, 4) is 5.75 Å². The molecule has 62 valence electrons. The summed E-state index contributed by atoms with van der Waals surface area (Å²) < 4.78 is 4.55. The summed E-state index contributed by atoms with van der Waals surface area (Å²) in [4.78, 5) is 20.3. The minimum Gasteiger partial charge on any atom is -0.421 e. The van der Waals surface area contributed by atoms with Crippen molar-refractivity contribution in [1.29, 1.82) is 0 Å². The molecule has 0 atom stereocenters. The number of aldehydes is 1. The van der Waals surface area contributed by atoms with Gasteiger partial charge in [0.25, 0.3) is 0 Å². The van der Waals surface area contributed by atoms with Crippen molar-refractivity contribution < 1.29 is 14.3 Å². The minimum absolute atomic E-state index is 0.106. The number of carbonyl (C=O) groups is 2. The Morgan fingerprint density at radius 2 is 1.92 bits per heavy atom. The number of rotatable bonds is 2. The molecule has 0 unspecified atom stereocenters. The Labute approximate surface area is 73.9 Å². The van der Waals surface area contributed by atoms with E-state index in [0.29, 0.717) is 10.8 Å². The third-order valence-electron chi connectivity index (χ3n) is 1.13. The molecule has 0 aliphatic carbocycles. The molecule has 3 nitrogen and oxygen atoms in total. The average molecular weight is 185 g/mol. The second-order valence-corrected chi connectivity index (χ2v) is 2.43. The number of ether oxygens (including phenoxy) is 1. The summed E-state index contributed by atoms with van der Waals surface area (Å²) in [6, 6.07) is 6.14. The lowest BCUT2D eigenvalue weighted by Gasteiger charge is -1.98. The van der Waals surface area contributed by atoms with Gasteiger partial charge in [-0.1, -0.05) is 11.6 Å². The fourth-order valence-electron chi connectivity index (χ4n) is 0.643. The topological polar surface area (TPSA) is 43.4 Å². The van der Waals surface area contributed by atoms with Crippen LogP contribution in [0.25, 0.3) is 0 Å². The van der Waals surface area contributed by atoms with Crippen LogP contribution in [0.5, 0.6) is 5.75 Å². The van der Waals surface area contributed by atoms with Crippen molar-refractivity contribution >= 4 is 23.9 Å². The maximum absolute atomic E-state index is 10.4. The molecule has 0 spiro atoms. The van der Waals surface area contributed by atoms with Crippen LogP contribution in [-0.2, 0) is 9.59 Å². The van der Waals surface area contributed by atoms with Gasteiger partial charge in [0.1, 0.15) is 5.75 Å². The summed E-state index contributed by atoms with van der Waals surface area (Å²) in [7, 11) is 0. The summed E-state index contributed by atoms with van der Waals surface area (Å²) in [5.74, 6) is -0.617. The Morgan fingerprint density at radius 1 is 1.33 bits per heavy atom. The highest BCUT2D eigenvalue weighted by Gasteiger charge is 2.00. The number of hydrogen-bond acceptors (Lipinski definition) is 3. The van der Waals surface area contributed by atoms with E-state index in [0.717, 1.165) is 0 Å². The molecule has 12 heavy (non-hydrogen) atoms. The maximum atomic E-state index is 10.4. The third-order valence-corrected chi connectivity index (χ3v) is 1.38. The summed E-state index contributed by atoms with van der Waals surface area (Å²) in [5.41, 5.74) is 0. The predicted molar refractivity (Wildman–Crippen MR) is 43.2 cm³/mol. The van der Waals surface area contributed by atoms with Crippen LogP contribution >= 0.6 is 11.6 Å². The summed E-state index contributed by atoms with van der Waals surface area (Å²) in [6.07, 6.45) is 0.106. The van der Waals surface area contributed by atoms with Gasteiger partial charge in [-0.25, -0.2) is 4.79 Å². The van der Waals surface area contributed by atoms with Crippen molar-refractivity contribution in [3.63, 3.8) is 0 Å². The van der Waals surface area contributed by atoms with Gasteiger partial charge in [-0.2, -0.15) is 0 Å². The van der Waals surface area contributed by atoms with Crippen LogP contribution in [0.15, 0.2) is 24.3 Å². The molecular weight excluding hydrogens is 180 g/mol. The smallest absolute Gasteiger partial charge is 0.376 e. The van der Waals surface area contributed by atoms with Crippen molar-refractivity contribution in [2.24, 2.45) is 0 Å². The van der Waals surface area contributed by atoms with Crippen LogP contribution in [0.2, 0.25) is 5.02 Å². The summed E-state index contributed by atoms with van der Waals surface area (Å²) in [5, 5.41) is 0.543. The van der Waals surface area contributed by atoms with Gasteiger partial charge in [0, 0.05) is 5.02 Å². The molecule has 0 saturated carbocycles. The zero-order valence-corrected chi connectivity index (χ0v) is 6.75. The van der Waals surface area contributed by atoms with Crippen LogP contribution in [0.4, 0.5) is 0 Å². The highest BCUT2D eigenvalue weighted by Crippen LogP contribution is 2.15. The summed E-state index contributed by atoms with van der Waals surface area (Å²) in [6.45, 7) is 0. The van der Waals surface area contributed by atoms with Gasteiger partial charge in [-0.15, -0.1) is 0 Å². The second-order valence-electron chi connectivity index (χ2n) is 1.99. The van der Waals surface area contributed by atoms with Crippen molar-refractivity contribution in [1.82, 2.24) is 0 Å². The van der Waals surface area contributed by atoms with E-state index in [2.05, 4.69) is 4.74 Å². The normalized spacial score (nSPS) is 9.08. The van der Waals surface area contributed by atoms with E-state index in [4.69, 9.17) is 11.6 Å². The molecule has 4 heteroatoms. The standard InChI is InChI=1S/C8H5ClO3/c9-6-1-3-7(4-2-6)12-8(11)5-10/h1-5H. The molecule has 0 fully saturated rings. The molecule has 1 aromatic carbocycles. The maximum Gasteiger partial charge on any atom is 0.376 e. The number of esters is 1. The molecule has 0 radical (unpaired) electrons. The zero-order valence-electron chi connectivity index (χ0n) is 5.99. The van der Waals surface area contributed by atoms with Gasteiger partial charge in [0.05, 0.1) is 0 Å². The Hall–Kier alpha value is -1.35. The van der Waals surface area contributed by atoms with Gasteiger partial charge >= 0.3 is 5.97 Å². The second kappa shape index (κ2) is 3.88. The quantitative estimate of drug-likeness (QED) is 0.302. The number of hydrogen-bond donors (Lipinski definition) is 0. The van der Waals surface area contributed by atoms with Gasteiger partial charge < -0.3 is 4.74 Å². The first-order valence-corrected chi connectivity index (χ1v) is 3.53. The Kier molecular flexibility index (Phi) is 2.82. The monoisotopic (exact) mass is 184 g/mol. The number of halogens is 1. The number of carbonyl (C=O) groups excluding carboxylic acids is 2. The molecule has 0 heterocycles. The average Bonchev–Trinajstić information content (AvgIpc) is 2.09. The zero-order chi connectivity index (χ0) is 8.97. The molecule has 0 aromatic heterocycles. The lowest BCUT2D eigenvalue weighted by atomic mass is 10.3. The van der Waals surface area contributed by atoms with E-state index >= 15 is 0 Å². The largest absolute Gasteiger partial charge is 0.421 e. The Balaban J connectivity index is 2.71. The fraction of sp³-hybridized carbons (Fsp3) is 0. The van der Waals surface area contributed by atoms with Crippen LogP contribution in [0.3, 0.4) is 0 Å². The van der Waals surface area contributed by atoms with Crippen LogP contribution < -0.4 is 4.74 Å². The van der Waals surface area contributed by atoms with E-state index in [1.54, 1.807) is 12.1 Å². The minimum atomic E-state index is -0.919. The first-order valence-electron chi connectivity index (χ1n) is 3.15. The first-order chi connectivity index (χ1) is 5.72. The molecule has 0 N–H and O–H groups in total. The van der Waals surface area contributed by atoms with E-state index in [1.807, 2.05) is 0 Å². The first kappa shape index (κ1) is 8.74. The molecular formula is C8H5ClO3. The third kappa shape index (κ3) is 2.36. The van der Waals surface area contributed by atoms with Crippen LogP contribution in [0, 0.1) is 0 Å². The fourth-order valence-corrected chi connectivity index (χ4v) is 0.769. The van der Waals surface area contributed by atoms with Crippen molar-refractivity contribution in [3.05, 3.63) is 29.3 Å². The van der Waals surface area contributed by atoms with E-state index in [-0.39, 0.29) is 6.29 Å². The number of benzene rings is 1. The molecule has 1 rings (SSSR count). The van der Waals surface area contributed by atoms with Crippen molar-refractivity contribution in [2.45, 2.75) is 0 Å². The molecule has 0 saturated heterocycles. The van der Waals surface area contributed by atoms with E-state index in [1.165, 1.54) is 12.1 Å². The molecule has 0 amide bonds. The highest BCUT2D eigenvalue weighted by molar-refractivity contribution is 6.30. The van der Waals surface area contributed by atoms with Gasteiger partial charge in [0.2, 0.25) is 6.29 Å². The Bertz CT molecular complexity index is 292. The van der Waals surface area contributed by atoms with Crippen molar-refractivity contribution in [2.75, 3.05) is 0 Å². The summed E-state index contributed by atoms with van der Waals surface area (Å²) >= 11 is 5.57. The SMILES string of the molecule is O=CC(=O)Oc1ccc(Cl)cc1. The lowest BCUT2D eigenvalue weighted by molar-refractivity contribution is -0.141. The van der Waals surface area contributed by atoms with Gasteiger partial charge in [0.15, 0.2) is 0 Å².